The van der Waals surface area contributed by atoms with Crippen LogP contribution in [0, 0.1) is 5.92 Å². The first-order valence-corrected chi connectivity index (χ1v) is 12.4. The molecule has 0 amide bonds. The lowest BCUT2D eigenvalue weighted by Gasteiger charge is -2.09. The van der Waals surface area contributed by atoms with Gasteiger partial charge in [-0.2, -0.15) is 0 Å². The molecule has 0 aromatic carbocycles. The molecule has 0 aromatic rings. The monoisotopic (exact) mass is 377 g/mol. The summed E-state index contributed by atoms with van der Waals surface area (Å²) in [5.74, 6) is 0.202. The Kier molecular flexibility index (Phi) is 22.9. The van der Waals surface area contributed by atoms with Crippen LogP contribution >= 0.6 is 0 Å². The summed E-state index contributed by atoms with van der Waals surface area (Å²) in [6.07, 6.45) is 33.0. The lowest BCUT2D eigenvalue weighted by atomic mass is 9.95. The summed E-state index contributed by atoms with van der Waals surface area (Å²) >= 11 is 0. The zero-order chi connectivity index (χ0) is 19.8. The zero-order valence-corrected chi connectivity index (χ0v) is 18.8. The van der Waals surface area contributed by atoms with Crippen LogP contribution in [0.5, 0.6) is 0 Å². The quantitative estimate of drug-likeness (QED) is 0.136. The molecule has 0 N–H and O–H groups in total. The van der Waals surface area contributed by atoms with Gasteiger partial charge in [-0.3, -0.25) is 4.79 Å². The van der Waals surface area contributed by atoms with Crippen LogP contribution in [0.25, 0.3) is 0 Å². The normalized spacial score (nSPS) is 12.7. The van der Waals surface area contributed by atoms with Crippen molar-refractivity contribution in [2.75, 3.05) is 0 Å². The van der Waals surface area contributed by atoms with Crippen molar-refractivity contribution in [2.24, 2.45) is 5.92 Å². The number of unbranched alkanes of at least 4 members (excludes halogenated alkanes) is 15. The summed E-state index contributed by atoms with van der Waals surface area (Å²) in [5.41, 5.74) is 0. The summed E-state index contributed by atoms with van der Waals surface area (Å²) in [6, 6.07) is 0. The smallest absolute Gasteiger partial charge is 0.201 e. The highest BCUT2D eigenvalue weighted by molar-refractivity contribution is 5.54. The second kappa shape index (κ2) is 23.4. The van der Waals surface area contributed by atoms with Crippen LogP contribution in [0.2, 0.25) is 0 Å². The predicted molar refractivity (Wildman–Crippen MR) is 122 cm³/mol. The molecule has 0 aliphatic carbocycles. The maximum Gasteiger partial charge on any atom is 0.201 e. The first kappa shape index (κ1) is 26.4. The van der Waals surface area contributed by atoms with Crippen molar-refractivity contribution in [3.8, 4) is 0 Å². The molecule has 1 atom stereocenters. The van der Waals surface area contributed by atoms with E-state index < -0.39 is 0 Å². The van der Waals surface area contributed by atoms with Crippen molar-refractivity contribution < 1.29 is 4.79 Å². The van der Waals surface area contributed by atoms with E-state index in [1.807, 2.05) is 0 Å². The highest BCUT2D eigenvalue weighted by Crippen LogP contribution is 2.17. The van der Waals surface area contributed by atoms with Crippen molar-refractivity contribution in [1.82, 2.24) is 0 Å². The van der Waals surface area contributed by atoms with Crippen molar-refractivity contribution in [1.29, 1.82) is 0 Å². The second-order valence-electron chi connectivity index (χ2n) is 8.39. The van der Waals surface area contributed by atoms with Gasteiger partial charge in [0, 0.05) is 5.92 Å². The van der Waals surface area contributed by atoms with Gasteiger partial charge in [0.05, 0.1) is 0 Å². The molecule has 0 aliphatic rings. The molecule has 27 heavy (non-hydrogen) atoms. The molecule has 1 heteroatoms. The Morgan fingerprint density at radius 2 is 0.926 bits per heavy atom. The molecule has 0 bridgehead atoms. The van der Waals surface area contributed by atoms with Crippen molar-refractivity contribution in [2.45, 2.75) is 142 Å². The van der Waals surface area contributed by atoms with Crippen LogP contribution < -0.4 is 0 Å². The predicted octanol–water partition coefficient (Wildman–Crippen LogP) is 9.11. The average Bonchev–Trinajstić information content (AvgIpc) is 2.69. The minimum atomic E-state index is 0.202. The van der Waals surface area contributed by atoms with E-state index in [1.165, 1.54) is 116 Å². The summed E-state index contributed by atoms with van der Waals surface area (Å²) in [6.45, 7) is 4.53. The van der Waals surface area contributed by atoms with Crippen LogP contribution in [-0.4, -0.2) is 6.29 Å². The lowest BCUT2D eigenvalue weighted by Crippen LogP contribution is -2.02. The Morgan fingerprint density at radius 3 is 1.33 bits per heavy atom. The zero-order valence-electron chi connectivity index (χ0n) is 18.8. The van der Waals surface area contributed by atoms with Crippen molar-refractivity contribution in [3.05, 3.63) is 12.2 Å². The van der Waals surface area contributed by atoms with E-state index in [0.29, 0.717) is 0 Å². The number of hydrogen-bond donors (Lipinski definition) is 0. The third-order valence-corrected chi connectivity index (χ3v) is 5.64. The Bertz CT molecular complexity index is 307. The minimum Gasteiger partial charge on any atom is -0.291 e. The standard InChI is InChI=1S/C26H49O/c1-3-5-7-9-11-12-13-14-15-16-17-18-20-22-24-26(25-27)23-21-19-10-8-6-4-2/h14-15,26H,3-13,16-24H2,1-2H3/b15-14-. The topological polar surface area (TPSA) is 17.1 Å². The third kappa shape index (κ3) is 21.6. The summed E-state index contributed by atoms with van der Waals surface area (Å²) in [4.78, 5) is 11.1. The van der Waals surface area contributed by atoms with Gasteiger partial charge in [-0.05, 0) is 38.5 Å². The SMILES string of the molecule is CCCCCCCC/C=C\CCCCCCC([C]=O)CCCCCCCC. The molecule has 0 aliphatic heterocycles. The van der Waals surface area contributed by atoms with Gasteiger partial charge in [0.15, 0.2) is 0 Å². The van der Waals surface area contributed by atoms with E-state index in [0.717, 1.165) is 12.8 Å². The van der Waals surface area contributed by atoms with Crippen LogP contribution in [-0.2, 0) is 4.79 Å². The molecule has 0 aromatic heterocycles. The number of carbonyl (C=O) groups excluding carboxylic acids is 1. The van der Waals surface area contributed by atoms with Crippen LogP contribution in [0.3, 0.4) is 0 Å². The van der Waals surface area contributed by atoms with Gasteiger partial charge in [-0.25, -0.2) is 0 Å². The maximum absolute atomic E-state index is 11.1. The molecule has 0 saturated heterocycles. The van der Waals surface area contributed by atoms with Crippen LogP contribution in [0.15, 0.2) is 12.2 Å². The Morgan fingerprint density at radius 1 is 0.556 bits per heavy atom. The van der Waals surface area contributed by atoms with Gasteiger partial charge in [0.25, 0.3) is 0 Å². The van der Waals surface area contributed by atoms with E-state index in [1.54, 1.807) is 0 Å². The third-order valence-electron chi connectivity index (χ3n) is 5.64. The van der Waals surface area contributed by atoms with Gasteiger partial charge in [-0.1, -0.05) is 116 Å². The fourth-order valence-electron chi connectivity index (χ4n) is 3.72. The Labute approximate surface area is 171 Å². The maximum atomic E-state index is 11.1. The van der Waals surface area contributed by atoms with Crippen molar-refractivity contribution in [3.63, 3.8) is 0 Å². The molecule has 0 rings (SSSR count). The lowest BCUT2D eigenvalue weighted by molar-refractivity contribution is 0.452. The number of rotatable bonds is 22. The minimum absolute atomic E-state index is 0.202. The summed E-state index contributed by atoms with van der Waals surface area (Å²) < 4.78 is 0. The van der Waals surface area contributed by atoms with Gasteiger partial charge < -0.3 is 0 Å². The molecule has 0 saturated carbocycles. The summed E-state index contributed by atoms with van der Waals surface area (Å²) in [7, 11) is 0. The fraction of sp³-hybridized carbons (Fsp3) is 0.885. The highest BCUT2D eigenvalue weighted by atomic mass is 16.1. The molecule has 1 radical (unpaired) electrons. The van der Waals surface area contributed by atoms with Gasteiger partial charge in [0.2, 0.25) is 6.29 Å². The molecule has 0 spiro atoms. The largest absolute Gasteiger partial charge is 0.291 e. The Hall–Kier alpha value is -0.590. The van der Waals surface area contributed by atoms with E-state index >= 15 is 0 Å². The first-order valence-electron chi connectivity index (χ1n) is 12.4. The van der Waals surface area contributed by atoms with E-state index in [4.69, 9.17) is 0 Å². The first-order chi connectivity index (χ1) is 13.3. The molecule has 1 unspecified atom stereocenters. The fourth-order valence-corrected chi connectivity index (χ4v) is 3.72. The van der Waals surface area contributed by atoms with E-state index in [2.05, 4.69) is 32.3 Å². The second-order valence-corrected chi connectivity index (χ2v) is 8.39. The average molecular weight is 378 g/mol. The van der Waals surface area contributed by atoms with Gasteiger partial charge in [-0.15, -0.1) is 0 Å². The van der Waals surface area contributed by atoms with E-state index in [-0.39, 0.29) is 5.92 Å². The number of allylic oxidation sites excluding steroid dienone is 2. The molecular weight excluding hydrogens is 328 g/mol. The summed E-state index contributed by atoms with van der Waals surface area (Å²) in [5, 5.41) is 0. The van der Waals surface area contributed by atoms with Crippen LogP contribution in [0.1, 0.15) is 142 Å². The van der Waals surface area contributed by atoms with Gasteiger partial charge in [0.1, 0.15) is 0 Å². The molecular formula is C26H49O. The van der Waals surface area contributed by atoms with Crippen molar-refractivity contribution >= 4 is 6.29 Å². The highest BCUT2D eigenvalue weighted by Gasteiger charge is 2.07. The molecule has 1 nitrogen and oxygen atoms in total. The molecule has 0 fully saturated rings. The number of hydrogen-bond acceptors (Lipinski definition) is 1. The van der Waals surface area contributed by atoms with Crippen LogP contribution in [0.4, 0.5) is 0 Å². The van der Waals surface area contributed by atoms with E-state index in [9.17, 15) is 4.79 Å². The molecule has 0 heterocycles. The van der Waals surface area contributed by atoms with Gasteiger partial charge >= 0.3 is 0 Å². The molecule has 159 valence electrons. The Balaban J connectivity index is 3.33.